The van der Waals surface area contributed by atoms with Gasteiger partial charge in [-0.15, -0.1) is 0 Å². The summed E-state index contributed by atoms with van der Waals surface area (Å²) in [6.45, 7) is 2.35. The van der Waals surface area contributed by atoms with Crippen molar-refractivity contribution >= 4 is 11.5 Å². The van der Waals surface area contributed by atoms with Gasteiger partial charge in [-0.25, -0.2) is 0 Å². The summed E-state index contributed by atoms with van der Waals surface area (Å²) in [5, 5.41) is 4.19. The first-order valence-corrected chi connectivity index (χ1v) is 6.88. The van der Waals surface area contributed by atoms with E-state index in [4.69, 9.17) is 5.73 Å². The first-order valence-electron chi connectivity index (χ1n) is 6.88. The van der Waals surface area contributed by atoms with E-state index in [2.05, 4.69) is 34.3 Å². The van der Waals surface area contributed by atoms with Gasteiger partial charge in [0.25, 0.3) is 0 Å². The number of hydrogen-bond donors (Lipinski definition) is 1. The summed E-state index contributed by atoms with van der Waals surface area (Å²) in [6.07, 6.45) is 5.79. The lowest BCUT2D eigenvalue weighted by atomic mass is 10.1. The molecule has 0 amide bonds. The molecule has 0 aliphatic carbocycles. The number of benzene rings is 1. The molecule has 3 rings (SSSR count). The van der Waals surface area contributed by atoms with Gasteiger partial charge in [-0.1, -0.05) is 12.1 Å². The zero-order chi connectivity index (χ0) is 13.2. The van der Waals surface area contributed by atoms with Gasteiger partial charge in [0, 0.05) is 31.4 Å². The van der Waals surface area contributed by atoms with Gasteiger partial charge in [0.15, 0.2) is 0 Å². The highest BCUT2D eigenvalue weighted by atomic mass is 15.3. The SMILES string of the molecule is Cn1ncc(-c2ccc(N3CCCCC3)cc2)c1N. The van der Waals surface area contributed by atoms with E-state index in [0.29, 0.717) is 5.82 Å². The average Bonchev–Trinajstić information content (AvgIpc) is 2.80. The number of anilines is 2. The minimum atomic E-state index is 0.714. The van der Waals surface area contributed by atoms with Crippen LogP contribution in [0.4, 0.5) is 11.5 Å². The first kappa shape index (κ1) is 12.1. The molecule has 4 heteroatoms. The van der Waals surface area contributed by atoms with Crippen LogP contribution in [0.2, 0.25) is 0 Å². The van der Waals surface area contributed by atoms with E-state index >= 15 is 0 Å². The summed E-state index contributed by atoms with van der Waals surface area (Å²) in [5.41, 5.74) is 9.45. The molecule has 0 saturated carbocycles. The van der Waals surface area contributed by atoms with Gasteiger partial charge in [0.05, 0.1) is 6.20 Å². The Bertz CT molecular complexity index is 550. The van der Waals surface area contributed by atoms with Crippen molar-refractivity contribution in [1.82, 2.24) is 9.78 Å². The highest BCUT2D eigenvalue weighted by Gasteiger charge is 2.12. The van der Waals surface area contributed by atoms with Crippen LogP contribution in [0.3, 0.4) is 0 Å². The Morgan fingerprint density at radius 3 is 2.32 bits per heavy atom. The van der Waals surface area contributed by atoms with Crippen molar-refractivity contribution in [3.63, 3.8) is 0 Å². The molecule has 1 fully saturated rings. The molecule has 1 aromatic carbocycles. The number of rotatable bonds is 2. The van der Waals surface area contributed by atoms with Crippen molar-refractivity contribution < 1.29 is 0 Å². The Balaban J connectivity index is 1.84. The second-order valence-electron chi connectivity index (χ2n) is 5.16. The van der Waals surface area contributed by atoms with Gasteiger partial charge in [0.1, 0.15) is 5.82 Å². The van der Waals surface area contributed by atoms with E-state index in [1.807, 2.05) is 13.2 Å². The van der Waals surface area contributed by atoms with E-state index in [0.717, 1.165) is 11.1 Å². The highest BCUT2D eigenvalue weighted by Crippen LogP contribution is 2.28. The van der Waals surface area contributed by atoms with E-state index in [1.165, 1.54) is 38.0 Å². The second kappa shape index (κ2) is 4.96. The molecular formula is C15H20N4. The summed E-state index contributed by atoms with van der Waals surface area (Å²) in [6, 6.07) is 8.65. The molecule has 0 spiro atoms. The monoisotopic (exact) mass is 256 g/mol. The van der Waals surface area contributed by atoms with Crippen LogP contribution >= 0.6 is 0 Å². The Morgan fingerprint density at radius 2 is 1.74 bits per heavy atom. The molecule has 2 aromatic rings. The second-order valence-corrected chi connectivity index (χ2v) is 5.16. The Hall–Kier alpha value is -1.97. The molecule has 1 aromatic heterocycles. The molecule has 2 heterocycles. The van der Waals surface area contributed by atoms with Crippen LogP contribution in [0.5, 0.6) is 0 Å². The fourth-order valence-electron chi connectivity index (χ4n) is 2.67. The third-order valence-electron chi connectivity index (χ3n) is 3.88. The van der Waals surface area contributed by atoms with Crippen LogP contribution < -0.4 is 10.6 Å². The molecule has 2 N–H and O–H groups in total. The van der Waals surface area contributed by atoms with Gasteiger partial charge < -0.3 is 10.6 Å². The van der Waals surface area contributed by atoms with E-state index in [9.17, 15) is 0 Å². The molecule has 0 radical (unpaired) electrons. The Kier molecular flexibility index (Phi) is 3.15. The number of nitrogens with two attached hydrogens (primary N) is 1. The fourth-order valence-corrected chi connectivity index (χ4v) is 2.67. The molecule has 1 aliphatic heterocycles. The summed E-state index contributed by atoms with van der Waals surface area (Å²) in [4.78, 5) is 2.46. The molecular weight excluding hydrogens is 236 g/mol. The predicted octanol–water partition coefficient (Wildman–Crippen LogP) is 2.66. The fraction of sp³-hybridized carbons (Fsp3) is 0.400. The zero-order valence-corrected chi connectivity index (χ0v) is 11.3. The van der Waals surface area contributed by atoms with E-state index in [1.54, 1.807) is 4.68 Å². The molecule has 0 bridgehead atoms. The number of nitrogens with zero attached hydrogens (tertiary/aromatic N) is 3. The average molecular weight is 256 g/mol. The summed E-state index contributed by atoms with van der Waals surface area (Å²) < 4.78 is 1.70. The maximum atomic E-state index is 6.01. The van der Waals surface area contributed by atoms with Crippen molar-refractivity contribution in [2.24, 2.45) is 7.05 Å². The summed E-state index contributed by atoms with van der Waals surface area (Å²) >= 11 is 0. The maximum Gasteiger partial charge on any atom is 0.129 e. The lowest BCUT2D eigenvalue weighted by Gasteiger charge is -2.28. The summed E-state index contributed by atoms with van der Waals surface area (Å²) in [5.74, 6) is 0.714. The zero-order valence-electron chi connectivity index (χ0n) is 11.3. The highest BCUT2D eigenvalue weighted by molar-refractivity contribution is 5.74. The lowest BCUT2D eigenvalue weighted by Crippen LogP contribution is -2.29. The summed E-state index contributed by atoms with van der Waals surface area (Å²) in [7, 11) is 1.86. The van der Waals surface area contributed by atoms with Crippen molar-refractivity contribution in [3.8, 4) is 11.1 Å². The molecule has 1 aliphatic rings. The van der Waals surface area contributed by atoms with Crippen molar-refractivity contribution in [2.45, 2.75) is 19.3 Å². The Morgan fingerprint density at radius 1 is 1.05 bits per heavy atom. The van der Waals surface area contributed by atoms with Gasteiger partial charge in [-0.3, -0.25) is 4.68 Å². The molecule has 0 unspecified atom stereocenters. The molecule has 1 saturated heterocycles. The van der Waals surface area contributed by atoms with Crippen LogP contribution in [0, 0.1) is 0 Å². The van der Waals surface area contributed by atoms with E-state index < -0.39 is 0 Å². The van der Waals surface area contributed by atoms with Gasteiger partial charge in [-0.2, -0.15) is 5.10 Å². The van der Waals surface area contributed by atoms with Crippen LogP contribution in [-0.4, -0.2) is 22.9 Å². The number of aromatic nitrogens is 2. The standard InChI is InChI=1S/C15H20N4/c1-18-15(16)14(11-17-18)12-5-7-13(8-6-12)19-9-3-2-4-10-19/h5-8,11H,2-4,9-10,16H2,1H3. The van der Waals surface area contributed by atoms with E-state index in [-0.39, 0.29) is 0 Å². The largest absolute Gasteiger partial charge is 0.383 e. The topological polar surface area (TPSA) is 47.1 Å². The van der Waals surface area contributed by atoms with Gasteiger partial charge in [-0.05, 0) is 37.0 Å². The number of piperidine rings is 1. The van der Waals surface area contributed by atoms with Crippen molar-refractivity contribution in [2.75, 3.05) is 23.7 Å². The third-order valence-corrected chi connectivity index (χ3v) is 3.88. The van der Waals surface area contributed by atoms with Crippen LogP contribution in [0.25, 0.3) is 11.1 Å². The lowest BCUT2D eigenvalue weighted by molar-refractivity contribution is 0.578. The van der Waals surface area contributed by atoms with Crippen LogP contribution in [0.15, 0.2) is 30.5 Å². The normalized spacial score (nSPS) is 15.7. The molecule has 100 valence electrons. The first-order chi connectivity index (χ1) is 9.25. The van der Waals surface area contributed by atoms with Crippen LogP contribution in [-0.2, 0) is 7.05 Å². The minimum Gasteiger partial charge on any atom is -0.383 e. The molecule has 0 atom stereocenters. The predicted molar refractivity (Wildman–Crippen MR) is 79.1 cm³/mol. The Labute approximate surface area is 113 Å². The van der Waals surface area contributed by atoms with Crippen molar-refractivity contribution in [1.29, 1.82) is 0 Å². The maximum absolute atomic E-state index is 6.01. The van der Waals surface area contributed by atoms with Gasteiger partial charge >= 0.3 is 0 Å². The number of aryl methyl sites for hydroxylation is 1. The smallest absolute Gasteiger partial charge is 0.129 e. The van der Waals surface area contributed by atoms with Crippen LogP contribution in [0.1, 0.15) is 19.3 Å². The minimum absolute atomic E-state index is 0.714. The van der Waals surface area contributed by atoms with Crippen molar-refractivity contribution in [3.05, 3.63) is 30.5 Å². The third kappa shape index (κ3) is 2.30. The van der Waals surface area contributed by atoms with Gasteiger partial charge in [0.2, 0.25) is 0 Å². The molecule has 4 nitrogen and oxygen atoms in total. The quantitative estimate of drug-likeness (QED) is 0.898. The molecule has 19 heavy (non-hydrogen) atoms. The number of nitrogen functional groups attached to an aromatic ring is 1. The number of hydrogen-bond acceptors (Lipinski definition) is 3.